The Morgan fingerprint density at radius 3 is 1.72 bits per heavy atom. The van der Waals surface area contributed by atoms with E-state index in [2.05, 4.69) is 162 Å². The molecule has 0 radical (unpaired) electrons. The summed E-state index contributed by atoms with van der Waals surface area (Å²) in [5.41, 5.74) is 14.5. The second kappa shape index (κ2) is 11.4. The molecule has 4 heteroatoms. The summed E-state index contributed by atoms with van der Waals surface area (Å²) in [6.07, 6.45) is 1.64. The predicted octanol–water partition coefficient (Wildman–Crippen LogP) is 12.1. The van der Waals surface area contributed by atoms with Gasteiger partial charge in [0.25, 0.3) is 0 Å². The number of rotatable bonds is 5. The van der Waals surface area contributed by atoms with E-state index < -0.39 is 0 Å². The summed E-state index contributed by atoms with van der Waals surface area (Å²) in [5.74, 6) is 0. The lowest BCUT2D eigenvalue weighted by molar-refractivity contribution is 0.667. The Labute approximate surface area is 288 Å². The van der Waals surface area contributed by atoms with Crippen molar-refractivity contribution >= 4 is 43.9 Å². The minimum Gasteiger partial charge on any atom is -0.452 e. The van der Waals surface area contributed by atoms with Crippen LogP contribution in [-0.4, -0.2) is 14.5 Å². The molecule has 0 spiro atoms. The quantitative estimate of drug-likeness (QED) is 0.188. The number of hydrogen-bond donors (Lipinski definition) is 0. The molecule has 234 valence electrons. The van der Waals surface area contributed by atoms with E-state index in [0.29, 0.717) is 5.58 Å². The van der Waals surface area contributed by atoms with E-state index in [1.54, 1.807) is 6.33 Å². The molecule has 3 aromatic heterocycles. The van der Waals surface area contributed by atoms with E-state index in [-0.39, 0.29) is 0 Å². The molecule has 0 aliphatic carbocycles. The van der Waals surface area contributed by atoms with Gasteiger partial charge in [-0.1, -0.05) is 127 Å². The topological polar surface area (TPSA) is 43.9 Å². The van der Waals surface area contributed by atoms with Crippen LogP contribution in [-0.2, 0) is 0 Å². The molecule has 0 fully saturated rings. The van der Waals surface area contributed by atoms with Gasteiger partial charge < -0.3 is 8.98 Å². The fraction of sp³-hybridized carbons (Fsp3) is 0. The number of para-hydroxylation sites is 2. The molecule has 0 unspecified atom stereocenters. The van der Waals surface area contributed by atoms with Gasteiger partial charge in [-0.15, -0.1) is 0 Å². The molecular weight excluding hydrogens is 611 g/mol. The number of aromatic nitrogens is 3. The molecule has 10 rings (SSSR count). The highest BCUT2D eigenvalue weighted by Crippen LogP contribution is 2.38. The third kappa shape index (κ3) is 4.61. The van der Waals surface area contributed by atoms with E-state index in [1.165, 1.54) is 32.9 Å². The maximum Gasteiger partial charge on any atom is 0.180 e. The van der Waals surface area contributed by atoms with Gasteiger partial charge in [0.05, 0.1) is 11.0 Å². The van der Waals surface area contributed by atoms with E-state index in [9.17, 15) is 0 Å². The lowest BCUT2D eigenvalue weighted by Crippen LogP contribution is -1.94. The first-order valence-electron chi connectivity index (χ1n) is 16.8. The average Bonchev–Trinajstić information content (AvgIpc) is 3.74. The third-order valence-electron chi connectivity index (χ3n) is 9.73. The largest absolute Gasteiger partial charge is 0.452 e. The van der Waals surface area contributed by atoms with Gasteiger partial charge >= 0.3 is 0 Å². The molecule has 10 aromatic rings. The molecule has 0 saturated carbocycles. The van der Waals surface area contributed by atoms with Crippen molar-refractivity contribution in [3.63, 3.8) is 0 Å². The fourth-order valence-corrected chi connectivity index (χ4v) is 7.32. The van der Waals surface area contributed by atoms with Crippen molar-refractivity contribution in [2.24, 2.45) is 0 Å². The Kier molecular flexibility index (Phi) is 6.46. The van der Waals surface area contributed by atoms with Crippen molar-refractivity contribution in [2.75, 3.05) is 0 Å². The molecule has 3 heterocycles. The second-order valence-electron chi connectivity index (χ2n) is 12.7. The van der Waals surface area contributed by atoms with Crippen LogP contribution in [0.2, 0.25) is 0 Å². The molecule has 50 heavy (non-hydrogen) atoms. The summed E-state index contributed by atoms with van der Waals surface area (Å²) in [6.45, 7) is 0. The maximum atomic E-state index is 6.47. The van der Waals surface area contributed by atoms with Gasteiger partial charge in [-0.3, -0.25) is 0 Å². The van der Waals surface area contributed by atoms with Crippen LogP contribution >= 0.6 is 0 Å². The Hall–Kier alpha value is -6.78. The average molecular weight is 640 g/mol. The fourth-order valence-electron chi connectivity index (χ4n) is 7.32. The molecule has 4 nitrogen and oxygen atoms in total. The smallest absolute Gasteiger partial charge is 0.180 e. The number of hydrogen-bond acceptors (Lipinski definition) is 3. The van der Waals surface area contributed by atoms with Crippen molar-refractivity contribution < 1.29 is 4.42 Å². The zero-order valence-corrected chi connectivity index (χ0v) is 27.0. The van der Waals surface area contributed by atoms with Crippen molar-refractivity contribution in [3.8, 4) is 50.3 Å². The van der Waals surface area contributed by atoms with Gasteiger partial charge in [0, 0.05) is 27.4 Å². The number of nitrogens with zero attached hydrogens (tertiary/aromatic N) is 3. The first-order valence-corrected chi connectivity index (χ1v) is 16.8. The minimum absolute atomic E-state index is 0.690. The maximum absolute atomic E-state index is 6.47. The SMILES string of the molecule is c1ccc(-c2ccc(-c3ccc4oc5c(-c6cccc(-c7cccc(-n8c9ccccc9c9ccccc98)c7)c6)ncnc5c4c3)cc2)cc1. The van der Waals surface area contributed by atoms with Crippen LogP contribution < -0.4 is 0 Å². The highest BCUT2D eigenvalue weighted by atomic mass is 16.3. The zero-order chi connectivity index (χ0) is 33.0. The molecule has 7 aromatic carbocycles. The highest BCUT2D eigenvalue weighted by Gasteiger charge is 2.17. The summed E-state index contributed by atoms with van der Waals surface area (Å²) in [5, 5.41) is 3.48. The molecule has 0 N–H and O–H groups in total. The van der Waals surface area contributed by atoms with Gasteiger partial charge in [0.2, 0.25) is 0 Å². The molecule has 0 saturated heterocycles. The number of fused-ring (bicyclic) bond motifs is 6. The van der Waals surface area contributed by atoms with Crippen LogP contribution in [0.15, 0.2) is 181 Å². The van der Waals surface area contributed by atoms with Gasteiger partial charge in [-0.25, -0.2) is 9.97 Å². The van der Waals surface area contributed by atoms with Crippen LogP contribution in [0.25, 0.3) is 94.2 Å². The van der Waals surface area contributed by atoms with Gasteiger partial charge in [-0.05, 0) is 75.8 Å². The monoisotopic (exact) mass is 639 g/mol. The Morgan fingerprint density at radius 1 is 0.400 bits per heavy atom. The van der Waals surface area contributed by atoms with E-state index in [0.717, 1.165) is 55.7 Å². The summed E-state index contributed by atoms with van der Waals surface area (Å²) >= 11 is 0. The van der Waals surface area contributed by atoms with Gasteiger partial charge in [0.15, 0.2) is 5.58 Å². The Balaban J connectivity index is 1.03. The second-order valence-corrected chi connectivity index (χ2v) is 12.7. The molecule has 0 bridgehead atoms. The first-order chi connectivity index (χ1) is 24.8. The molecule has 0 aliphatic heterocycles. The Morgan fingerprint density at radius 2 is 0.960 bits per heavy atom. The van der Waals surface area contributed by atoms with Crippen molar-refractivity contribution in [1.29, 1.82) is 0 Å². The van der Waals surface area contributed by atoms with Crippen LogP contribution in [0.5, 0.6) is 0 Å². The normalized spacial score (nSPS) is 11.6. The standard InChI is InChI=1S/C46H29N3O/c1-2-10-30(11-3-1)31-20-22-32(23-21-31)35-24-25-43-40(28-35)45-46(50-43)44(47-29-48-45)36-14-8-12-33(26-36)34-13-9-15-37(27-34)49-41-18-6-4-16-38(41)39-17-5-7-19-42(39)49/h1-29H. The number of furan rings is 1. The summed E-state index contributed by atoms with van der Waals surface area (Å²) in [7, 11) is 0. The summed E-state index contributed by atoms with van der Waals surface area (Å²) in [6, 6.07) is 60.0. The molecule has 0 aliphatic rings. The molecule has 0 amide bonds. The van der Waals surface area contributed by atoms with Crippen molar-refractivity contribution in [3.05, 3.63) is 176 Å². The highest BCUT2D eigenvalue weighted by molar-refractivity contribution is 6.09. The summed E-state index contributed by atoms with van der Waals surface area (Å²) in [4.78, 5) is 9.45. The van der Waals surface area contributed by atoms with Crippen molar-refractivity contribution in [2.45, 2.75) is 0 Å². The zero-order valence-electron chi connectivity index (χ0n) is 27.0. The van der Waals surface area contributed by atoms with E-state index in [1.807, 2.05) is 12.1 Å². The molecule has 0 atom stereocenters. The van der Waals surface area contributed by atoms with Crippen LogP contribution in [0.4, 0.5) is 0 Å². The van der Waals surface area contributed by atoms with Crippen LogP contribution in [0, 0.1) is 0 Å². The van der Waals surface area contributed by atoms with Gasteiger partial charge in [-0.2, -0.15) is 0 Å². The molecular formula is C46H29N3O. The first kappa shape index (κ1) is 28.3. The lowest BCUT2D eigenvalue weighted by Gasteiger charge is -2.11. The van der Waals surface area contributed by atoms with Crippen molar-refractivity contribution in [1.82, 2.24) is 14.5 Å². The summed E-state index contributed by atoms with van der Waals surface area (Å²) < 4.78 is 8.83. The van der Waals surface area contributed by atoms with E-state index >= 15 is 0 Å². The minimum atomic E-state index is 0.690. The lowest BCUT2D eigenvalue weighted by atomic mass is 9.99. The van der Waals surface area contributed by atoms with E-state index in [4.69, 9.17) is 14.4 Å². The van der Waals surface area contributed by atoms with Gasteiger partial charge in [0.1, 0.15) is 23.1 Å². The third-order valence-corrected chi connectivity index (χ3v) is 9.73. The Bertz CT molecular complexity index is 2810. The predicted molar refractivity (Wildman–Crippen MR) is 205 cm³/mol. The van der Waals surface area contributed by atoms with Crippen LogP contribution in [0.3, 0.4) is 0 Å². The van der Waals surface area contributed by atoms with Crippen LogP contribution in [0.1, 0.15) is 0 Å². The number of benzene rings is 7.